The van der Waals surface area contributed by atoms with Gasteiger partial charge in [0.2, 0.25) is 10.0 Å². The van der Waals surface area contributed by atoms with Crippen molar-refractivity contribution < 1.29 is 12.8 Å². The van der Waals surface area contributed by atoms with Gasteiger partial charge in [0.15, 0.2) is 0 Å². The molecule has 0 aliphatic carbocycles. The zero-order valence-electron chi connectivity index (χ0n) is 13.2. The minimum absolute atomic E-state index is 0.0980. The number of halogens is 1. The van der Waals surface area contributed by atoms with Crippen LogP contribution < -0.4 is 0 Å². The van der Waals surface area contributed by atoms with E-state index in [1.54, 1.807) is 30.3 Å². The summed E-state index contributed by atoms with van der Waals surface area (Å²) in [6.07, 6.45) is 2.24. The Morgan fingerprint density at radius 2 is 2.00 bits per heavy atom. The van der Waals surface area contributed by atoms with Gasteiger partial charge in [-0.1, -0.05) is 12.1 Å². The van der Waals surface area contributed by atoms with E-state index in [1.165, 1.54) is 12.1 Å². The second kappa shape index (κ2) is 6.05. The van der Waals surface area contributed by atoms with Crippen LogP contribution in [0.2, 0.25) is 0 Å². The summed E-state index contributed by atoms with van der Waals surface area (Å²) in [7, 11) is -3.57. The monoisotopic (exact) mass is 337 g/mol. The van der Waals surface area contributed by atoms with E-state index in [9.17, 15) is 12.8 Å². The standard InChI is InChI=1S/C16H20FN3O2S/c1-11-16(12(2)19-18-11)23(21,22)20-9-3-4-15(20)10-13-5-7-14(17)8-6-13/h5-8,15H,3-4,9-10H2,1-2H3,(H,18,19). The first-order valence-corrected chi connectivity index (χ1v) is 9.11. The number of nitrogens with zero attached hydrogens (tertiary/aromatic N) is 2. The van der Waals surface area contributed by atoms with E-state index in [4.69, 9.17) is 0 Å². The third-order valence-electron chi connectivity index (χ3n) is 4.33. The first kappa shape index (κ1) is 16.1. The zero-order valence-corrected chi connectivity index (χ0v) is 14.0. The van der Waals surface area contributed by atoms with E-state index < -0.39 is 10.0 Å². The number of hydrogen-bond donors (Lipinski definition) is 1. The van der Waals surface area contributed by atoms with Crippen molar-refractivity contribution in [1.29, 1.82) is 0 Å². The number of aromatic nitrogens is 2. The van der Waals surface area contributed by atoms with Gasteiger partial charge >= 0.3 is 0 Å². The summed E-state index contributed by atoms with van der Waals surface area (Å²) in [5.41, 5.74) is 2.00. The molecule has 2 heterocycles. The van der Waals surface area contributed by atoms with Crippen molar-refractivity contribution in [3.63, 3.8) is 0 Å². The maximum absolute atomic E-state index is 13.0. The highest BCUT2D eigenvalue weighted by Crippen LogP contribution is 2.30. The smallest absolute Gasteiger partial charge is 0.246 e. The molecule has 0 spiro atoms. The van der Waals surface area contributed by atoms with Crippen LogP contribution in [0.15, 0.2) is 29.2 Å². The number of nitrogens with one attached hydrogen (secondary N) is 1. The Labute approximate surface area is 135 Å². The Balaban J connectivity index is 1.88. The van der Waals surface area contributed by atoms with Crippen LogP contribution >= 0.6 is 0 Å². The Morgan fingerprint density at radius 3 is 2.61 bits per heavy atom. The van der Waals surface area contributed by atoms with Crippen molar-refractivity contribution >= 4 is 10.0 Å². The van der Waals surface area contributed by atoms with Gasteiger partial charge in [-0.2, -0.15) is 9.40 Å². The molecule has 23 heavy (non-hydrogen) atoms. The van der Waals surface area contributed by atoms with Crippen LogP contribution in [0.4, 0.5) is 4.39 Å². The van der Waals surface area contributed by atoms with Crippen molar-refractivity contribution in [3.05, 3.63) is 47.0 Å². The predicted molar refractivity (Wildman–Crippen MR) is 85.1 cm³/mol. The molecule has 0 bridgehead atoms. The number of aryl methyl sites for hydroxylation is 2. The molecule has 2 aromatic rings. The Morgan fingerprint density at radius 1 is 1.30 bits per heavy atom. The van der Waals surface area contributed by atoms with Crippen molar-refractivity contribution in [2.45, 2.75) is 44.0 Å². The highest BCUT2D eigenvalue weighted by molar-refractivity contribution is 7.89. The first-order valence-electron chi connectivity index (χ1n) is 7.67. The molecule has 1 unspecified atom stereocenters. The van der Waals surface area contributed by atoms with Gasteiger partial charge < -0.3 is 0 Å². The van der Waals surface area contributed by atoms with Gasteiger partial charge in [-0.25, -0.2) is 12.8 Å². The third-order valence-corrected chi connectivity index (χ3v) is 6.55. The van der Waals surface area contributed by atoms with Gasteiger partial charge in [0.1, 0.15) is 10.7 Å². The molecule has 1 aromatic carbocycles. The SMILES string of the molecule is Cc1n[nH]c(C)c1S(=O)(=O)N1CCCC1Cc1ccc(F)cc1. The maximum atomic E-state index is 13.0. The van der Waals surface area contributed by atoms with Crippen LogP contribution in [0.25, 0.3) is 0 Å². The van der Waals surface area contributed by atoms with Crippen LogP contribution in [-0.2, 0) is 16.4 Å². The van der Waals surface area contributed by atoms with Crippen LogP contribution in [-0.4, -0.2) is 35.5 Å². The summed E-state index contributed by atoms with van der Waals surface area (Å²) in [4.78, 5) is 0.281. The maximum Gasteiger partial charge on any atom is 0.246 e. The van der Waals surface area contributed by atoms with Gasteiger partial charge in [-0.05, 0) is 50.8 Å². The minimum atomic E-state index is -3.57. The average molecular weight is 337 g/mol. The van der Waals surface area contributed by atoms with Gasteiger partial charge in [0, 0.05) is 12.6 Å². The lowest BCUT2D eigenvalue weighted by Gasteiger charge is -2.24. The second-order valence-corrected chi connectivity index (χ2v) is 7.83. The summed E-state index contributed by atoms with van der Waals surface area (Å²) in [5, 5.41) is 6.74. The molecule has 1 fully saturated rings. The first-order chi connectivity index (χ1) is 10.9. The van der Waals surface area contributed by atoms with E-state index in [0.717, 1.165) is 18.4 Å². The molecular formula is C16H20FN3O2S. The highest BCUT2D eigenvalue weighted by atomic mass is 32.2. The van der Waals surface area contributed by atoms with Crippen LogP contribution in [0.3, 0.4) is 0 Å². The topological polar surface area (TPSA) is 66.1 Å². The predicted octanol–water partition coefficient (Wildman–Crippen LogP) is 2.56. The Hall–Kier alpha value is -1.73. The molecule has 1 aromatic heterocycles. The molecule has 0 saturated carbocycles. The van der Waals surface area contributed by atoms with Crippen molar-refractivity contribution in [1.82, 2.24) is 14.5 Å². The lowest BCUT2D eigenvalue weighted by molar-refractivity contribution is 0.385. The van der Waals surface area contributed by atoms with E-state index in [0.29, 0.717) is 24.4 Å². The van der Waals surface area contributed by atoms with Crippen LogP contribution in [0.5, 0.6) is 0 Å². The van der Waals surface area contributed by atoms with Crippen molar-refractivity contribution in [2.24, 2.45) is 0 Å². The molecule has 3 rings (SSSR count). The largest absolute Gasteiger partial charge is 0.281 e. The van der Waals surface area contributed by atoms with Crippen molar-refractivity contribution in [2.75, 3.05) is 6.54 Å². The third kappa shape index (κ3) is 3.03. The fourth-order valence-corrected chi connectivity index (χ4v) is 5.29. The number of rotatable bonds is 4. The molecule has 124 valence electrons. The normalized spacial score (nSPS) is 19.3. The van der Waals surface area contributed by atoms with Gasteiger partial charge in [-0.3, -0.25) is 5.10 Å². The Bertz CT molecular complexity index is 780. The fraction of sp³-hybridized carbons (Fsp3) is 0.438. The number of aromatic amines is 1. The molecule has 1 N–H and O–H groups in total. The molecule has 1 aliphatic heterocycles. The van der Waals surface area contributed by atoms with Crippen LogP contribution in [0, 0.1) is 19.7 Å². The molecule has 7 heteroatoms. The van der Waals surface area contributed by atoms with E-state index in [1.807, 2.05) is 0 Å². The molecule has 1 saturated heterocycles. The summed E-state index contributed by atoms with van der Waals surface area (Å²) < 4.78 is 40.6. The number of sulfonamides is 1. The summed E-state index contributed by atoms with van der Waals surface area (Å²) in [5.74, 6) is -0.283. The molecule has 0 amide bonds. The molecule has 0 radical (unpaired) electrons. The van der Waals surface area contributed by atoms with E-state index in [2.05, 4.69) is 10.2 Å². The molecular weight excluding hydrogens is 317 g/mol. The van der Waals surface area contributed by atoms with Gasteiger partial charge in [0.05, 0.1) is 11.4 Å². The van der Waals surface area contributed by atoms with Gasteiger partial charge in [-0.15, -0.1) is 0 Å². The van der Waals surface area contributed by atoms with E-state index >= 15 is 0 Å². The molecule has 1 aliphatic rings. The fourth-order valence-electron chi connectivity index (χ4n) is 3.26. The minimum Gasteiger partial charge on any atom is -0.281 e. The average Bonchev–Trinajstić information content (AvgIpc) is 3.09. The van der Waals surface area contributed by atoms with Crippen LogP contribution in [0.1, 0.15) is 29.8 Å². The van der Waals surface area contributed by atoms with Gasteiger partial charge in [0.25, 0.3) is 0 Å². The lowest BCUT2D eigenvalue weighted by Crippen LogP contribution is -2.37. The molecule has 5 nitrogen and oxygen atoms in total. The Kier molecular flexibility index (Phi) is 4.25. The summed E-state index contributed by atoms with van der Waals surface area (Å²) in [6.45, 7) is 3.93. The zero-order chi connectivity index (χ0) is 16.6. The number of H-pyrrole nitrogens is 1. The highest BCUT2D eigenvalue weighted by Gasteiger charge is 2.37. The van der Waals surface area contributed by atoms with Crippen molar-refractivity contribution in [3.8, 4) is 0 Å². The quantitative estimate of drug-likeness (QED) is 0.932. The summed E-state index contributed by atoms with van der Waals surface area (Å²) in [6, 6.07) is 6.15. The second-order valence-electron chi connectivity index (χ2n) is 6.01. The van der Waals surface area contributed by atoms with E-state index in [-0.39, 0.29) is 16.8 Å². The number of hydrogen-bond acceptors (Lipinski definition) is 3. The molecule has 1 atom stereocenters. The summed E-state index contributed by atoms with van der Waals surface area (Å²) >= 11 is 0. The lowest BCUT2D eigenvalue weighted by atomic mass is 10.0. The number of benzene rings is 1.